The van der Waals surface area contributed by atoms with E-state index in [2.05, 4.69) is 10.3 Å². The molecule has 0 bridgehead atoms. The van der Waals surface area contributed by atoms with Crippen LogP contribution in [0.4, 0.5) is 5.69 Å². The number of amides is 2. The van der Waals surface area contributed by atoms with Gasteiger partial charge >= 0.3 is 0 Å². The van der Waals surface area contributed by atoms with Gasteiger partial charge in [0, 0.05) is 38.1 Å². The van der Waals surface area contributed by atoms with Crippen molar-refractivity contribution in [2.45, 2.75) is 18.8 Å². The predicted molar refractivity (Wildman–Crippen MR) is 88.0 cm³/mol. The Kier molecular flexibility index (Phi) is 4.37. The Balaban J connectivity index is 1.71. The number of hydrogen-bond donors (Lipinski definition) is 1. The molecule has 2 amide bonds. The molecule has 0 saturated heterocycles. The van der Waals surface area contributed by atoms with Crippen molar-refractivity contribution in [3.63, 3.8) is 0 Å². The summed E-state index contributed by atoms with van der Waals surface area (Å²) in [6.45, 7) is 0.614. The quantitative estimate of drug-likeness (QED) is 0.942. The molecule has 0 fully saturated rings. The molecular weight excluding hydrogens is 290 g/mol. The molecule has 0 saturated carbocycles. The Hall–Kier alpha value is -2.69. The van der Waals surface area contributed by atoms with Gasteiger partial charge in [0.05, 0.1) is 5.92 Å². The standard InChI is InChI=1S/C18H19N3O2/c1-21(11-8-13-6-9-19-10-7-13)18(23)15-12-17(22)20-16-5-3-2-4-14(15)16/h2-7,9-10,15H,8,11-12H2,1H3,(H,20,22). The summed E-state index contributed by atoms with van der Waals surface area (Å²) in [5.74, 6) is -0.520. The summed E-state index contributed by atoms with van der Waals surface area (Å²) in [6.07, 6.45) is 4.47. The number of fused-ring (bicyclic) bond motifs is 1. The first-order valence-corrected chi connectivity index (χ1v) is 7.68. The minimum Gasteiger partial charge on any atom is -0.345 e. The Morgan fingerprint density at radius 2 is 2.00 bits per heavy atom. The Bertz CT molecular complexity index is 715. The zero-order valence-corrected chi connectivity index (χ0v) is 13.0. The fraction of sp³-hybridized carbons (Fsp3) is 0.278. The van der Waals surface area contributed by atoms with Crippen LogP contribution >= 0.6 is 0 Å². The lowest BCUT2D eigenvalue weighted by molar-refractivity contribution is -0.133. The summed E-state index contributed by atoms with van der Waals surface area (Å²) in [4.78, 5) is 30.3. The fourth-order valence-electron chi connectivity index (χ4n) is 2.85. The molecule has 1 atom stereocenters. The Morgan fingerprint density at radius 3 is 2.78 bits per heavy atom. The van der Waals surface area contributed by atoms with E-state index in [-0.39, 0.29) is 18.2 Å². The third-order valence-corrected chi connectivity index (χ3v) is 4.16. The third kappa shape index (κ3) is 3.39. The highest BCUT2D eigenvalue weighted by Crippen LogP contribution is 2.33. The molecule has 2 aromatic rings. The van der Waals surface area contributed by atoms with Gasteiger partial charge in [-0.1, -0.05) is 18.2 Å². The zero-order valence-electron chi connectivity index (χ0n) is 13.0. The van der Waals surface area contributed by atoms with Crippen LogP contribution < -0.4 is 5.32 Å². The van der Waals surface area contributed by atoms with Gasteiger partial charge < -0.3 is 10.2 Å². The van der Waals surface area contributed by atoms with Crippen LogP contribution in [0.25, 0.3) is 0 Å². The first-order chi connectivity index (χ1) is 11.1. The molecule has 1 aliphatic heterocycles. The monoisotopic (exact) mass is 309 g/mol. The first kappa shape index (κ1) is 15.2. The maximum absolute atomic E-state index is 12.8. The van der Waals surface area contributed by atoms with Gasteiger partial charge in [-0.2, -0.15) is 0 Å². The van der Waals surface area contributed by atoms with E-state index < -0.39 is 5.92 Å². The predicted octanol–water partition coefficient (Wildman–Crippen LogP) is 2.21. The van der Waals surface area contributed by atoms with Crippen molar-refractivity contribution < 1.29 is 9.59 Å². The third-order valence-electron chi connectivity index (χ3n) is 4.16. The van der Waals surface area contributed by atoms with Crippen molar-refractivity contribution in [1.29, 1.82) is 0 Å². The number of pyridine rings is 1. The second-order valence-electron chi connectivity index (χ2n) is 5.76. The number of anilines is 1. The molecule has 0 spiro atoms. The van der Waals surface area contributed by atoms with Gasteiger partial charge in [-0.25, -0.2) is 0 Å². The van der Waals surface area contributed by atoms with Crippen LogP contribution in [0.15, 0.2) is 48.8 Å². The number of carbonyl (C=O) groups excluding carboxylic acids is 2. The fourth-order valence-corrected chi connectivity index (χ4v) is 2.85. The summed E-state index contributed by atoms with van der Waals surface area (Å²) in [6, 6.07) is 11.4. The highest BCUT2D eigenvalue weighted by atomic mass is 16.2. The Labute approximate surface area is 135 Å². The molecule has 118 valence electrons. The van der Waals surface area contributed by atoms with Gasteiger partial charge in [0.25, 0.3) is 0 Å². The van der Waals surface area contributed by atoms with Crippen molar-refractivity contribution in [3.8, 4) is 0 Å². The van der Waals surface area contributed by atoms with Gasteiger partial charge in [-0.3, -0.25) is 14.6 Å². The molecular formula is C18H19N3O2. The van der Waals surface area contributed by atoms with E-state index in [1.54, 1.807) is 24.3 Å². The molecule has 1 aliphatic rings. The molecule has 5 heteroatoms. The SMILES string of the molecule is CN(CCc1ccncc1)C(=O)C1CC(=O)Nc2ccccc21. The average molecular weight is 309 g/mol. The number of para-hydroxylation sites is 1. The summed E-state index contributed by atoms with van der Waals surface area (Å²) < 4.78 is 0. The number of carbonyl (C=O) groups is 2. The molecule has 3 rings (SSSR count). The summed E-state index contributed by atoms with van der Waals surface area (Å²) >= 11 is 0. The highest BCUT2D eigenvalue weighted by Gasteiger charge is 2.32. The van der Waals surface area contributed by atoms with Crippen molar-refractivity contribution in [2.24, 2.45) is 0 Å². The van der Waals surface area contributed by atoms with Crippen LogP contribution in [0, 0.1) is 0 Å². The van der Waals surface area contributed by atoms with Gasteiger partial charge in [-0.05, 0) is 35.7 Å². The Morgan fingerprint density at radius 1 is 1.26 bits per heavy atom. The molecule has 5 nitrogen and oxygen atoms in total. The molecule has 1 N–H and O–H groups in total. The lowest BCUT2D eigenvalue weighted by Gasteiger charge is -2.28. The minimum absolute atomic E-state index is 0.0126. The van der Waals surface area contributed by atoms with Crippen LogP contribution in [0.3, 0.4) is 0 Å². The van der Waals surface area contributed by atoms with Gasteiger partial charge in [0.2, 0.25) is 11.8 Å². The van der Waals surface area contributed by atoms with E-state index in [4.69, 9.17) is 0 Å². The van der Waals surface area contributed by atoms with Crippen LogP contribution in [0.5, 0.6) is 0 Å². The summed E-state index contributed by atoms with van der Waals surface area (Å²) in [5, 5.41) is 2.82. The van der Waals surface area contributed by atoms with E-state index in [9.17, 15) is 9.59 Å². The van der Waals surface area contributed by atoms with Crippen molar-refractivity contribution >= 4 is 17.5 Å². The highest BCUT2D eigenvalue weighted by molar-refractivity contribution is 6.01. The number of benzene rings is 1. The van der Waals surface area contributed by atoms with Crippen molar-refractivity contribution in [3.05, 3.63) is 59.9 Å². The maximum Gasteiger partial charge on any atom is 0.230 e. The van der Waals surface area contributed by atoms with E-state index in [0.717, 1.165) is 23.2 Å². The molecule has 23 heavy (non-hydrogen) atoms. The van der Waals surface area contributed by atoms with Crippen LogP contribution in [-0.2, 0) is 16.0 Å². The van der Waals surface area contributed by atoms with Crippen LogP contribution in [0.1, 0.15) is 23.5 Å². The molecule has 1 unspecified atom stereocenters. The zero-order chi connectivity index (χ0) is 16.2. The molecule has 1 aromatic carbocycles. The maximum atomic E-state index is 12.8. The lowest BCUT2D eigenvalue weighted by Crippen LogP contribution is -2.37. The second kappa shape index (κ2) is 6.60. The largest absolute Gasteiger partial charge is 0.345 e. The number of nitrogens with one attached hydrogen (secondary N) is 1. The van der Waals surface area contributed by atoms with E-state index in [1.165, 1.54) is 0 Å². The normalized spacial score (nSPS) is 16.4. The average Bonchev–Trinajstić information content (AvgIpc) is 2.59. The number of likely N-dealkylation sites (N-methyl/N-ethyl adjacent to an activating group) is 1. The lowest BCUT2D eigenvalue weighted by atomic mass is 9.89. The second-order valence-corrected chi connectivity index (χ2v) is 5.76. The number of hydrogen-bond acceptors (Lipinski definition) is 3. The van der Waals surface area contributed by atoms with Crippen LogP contribution in [-0.4, -0.2) is 35.3 Å². The summed E-state index contributed by atoms with van der Waals surface area (Å²) in [7, 11) is 1.79. The number of aromatic nitrogens is 1. The number of nitrogens with zero attached hydrogens (tertiary/aromatic N) is 2. The smallest absolute Gasteiger partial charge is 0.230 e. The topological polar surface area (TPSA) is 62.3 Å². The minimum atomic E-state index is -0.401. The van der Waals surface area contributed by atoms with E-state index in [1.807, 2.05) is 36.4 Å². The molecule has 2 heterocycles. The van der Waals surface area contributed by atoms with Crippen molar-refractivity contribution in [2.75, 3.05) is 18.9 Å². The van der Waals surface area contributed by atoms with Gasteiger partial charge in [-0.15, -0.1) is 0 Å². The van der Waals surface area contributed by atoms with Crippen LogP contribution in [0.2, 0.25) is 0 Å². The number of rotatable bonds is 4. The summed E-state index contributed by atoms with van der Waals surface area (Å²) in [5.41, 5.74) is 2.78. The van der Waals surface area contributed by atoms with Crippen molar-refractivity contribution in [1.82, 2.24) is 9.88 Å². The van der Waals surface area contributed by atoms with E-state index >= 15 is 0 Å². The van der Waals surface area contributed by atoms with E-state index in [0.29, 0.717) is 6.54 Å². The van der Waals surface area contributed by atoms with Gasteiger partial charge in [0.1, 0.15) is 0 Å². The first-order valence-electron chi connectivity index (χ1n) is 7.68. The molecule has 1 aromatic heterocycles. The van der Waals surface area contributed by atoms with Gasteiger partial charge in [0.15, 0.2) is 0 Å². The molecule has 0 radical (unpaired) electrons. The molecule has 0 aliphatic carbocycles.